The standard InChI is InChI=1S/C17H20BClFN3O3S/c1-17(2,3)26-16(25)23-15-22-12(7-18)13(27-15)14(24)21-8-9-4-5-10(20)6-11(9)19/h4-6H,7-8,18H2,1-3H3,(H,21,24)(H,22,23,25). The number of hydrogen-bond donors (Lipinski definition) is 2. The number of carbonyl (C=O) groups is 2. The predicted molar refractivity (Wildman–Crippen MR) is 107 cm³/mol. The Morgan fingerprint density at radius 1 is 1.37 bits per heavy atom. The van der Waals surface area contributed by atoms with Gasteiger partial charge in [0.15, 0.2) is 5.13 Å². The van der Waals surface area contributed by atoms with Crippen LogP contribution in [0.15, 0.2) is 18.2 Å². The van der Waals surface area contributed by atoms with Gasteiger partial charge in [0.1, 0.15) is 24.1 Å². The fourth-order valence-electron chi connectivity index (χ4n) is 2.13. The van der Waals surface area contributed by atoms with Crippen LogP contribution in [0.5, 0.6) is 0 Å². The summed E-state index contributed by atoms with van der Waals surface area (Å²) in [5.74, 6) is -0.786. The van der Waals surface area contributed by atoms with Crippen LogP contribution in [0.4, 0.5) is 14.3 Å². The molecule has 0 bridgehead atoms. The molecule has 0 radical (unpaired) electrons. The van der Waals surface area contributed by atoms with E-state index in [1.807, 2.05) is 7.85 Å². The number of benzene rings is 1. The van der Waals surface area contributed by atoms with Crippen LogP contribution < -0.4 is 10.6 Å². The van der Waals surface area contributed by atoms with Crippen LogP contribution in [0.2, 0.25) is 5.02 Å². The van der Waals surface area contributed by atoms with Gasteiger partial charge in [0.25, 0.3) is 5.91 Å². The molecule has 0 aliphatic carbocycles. The predicted octanol–water partition coefficient (Wildman–Crippen LogP) is 3.35. The number of carbonyl (C=O) groups excluding carboxylic acids is 2. The molecule has 1 aromatic heterocycles. The zero-order valence-electron chi connectivity index (χ0n) is 15.5. The van der Waals surface area contributed by atoms with Gasteiger partial charge in [-0.3, -0.25) is 10.1 Å². The molecule has 2 N–H and O–H groups in total. The number of rotatable bonds is 5. The van der Waals surface area contributed by atoms with Crippen LogP contribution in [0.25, 0.3) is 0 Å². The second-order valence-electron chi connectivity index (χ2n) is 6.69. The minimum absolute atomic E-state index is 0.147. The van der Waals surface area contributed by atoms with Gasteiger partial charge in [-0.05, 0) is 44.8 Å². The Bertz CT molecular complexity index is 854. The molecular weight excluding hydrogens is 392 g/mol. The lowest BCUT2D eigenvalue weighted by Gasteiger charge is -2.18. The summed E-state index contributed by atoms with van der Waals surface area (Å²) in [7, 11) is 1.86. The molecule has 10 heteroatoms. The van der Waals surface area contributed by atoms with Gasteiger partial charge in [0.2, 0.25) is 0 Å². The third kappa shape index (κ3) is 6.21. The summed E-state index contributed by atoms with van der Waals surface area (Å²) in [6.07, 6.45) is -0.115. The molecule has 6 nitrogen and oxygen atoms in total. The van der Waals surface area contributed by atoms with Gasteiger partial charge in [0, 0.05) is 11.6 Å². The number of aromatic nitrogens is 1. The molecule has 0 spiro atoms. The first-order chi connectivity index (χ1) is 12.6. The molecule has 2 amide bonds. The van der Waals surface area contributed by atoms with Crippen molar-refractivity contribution in [2.24, 2.45) is 0 Å². The molecule has 0 saturated heterocycles. The maximum Gasteiger partial charge on any atom is 0.413 e. The summed E-state index contributed by atoms with van der Waals surface area (Å²) < 4.78 is 18.3. The Labute approximate surface area is 166 Å². The number of nitrogens with zero attached hydrogens (tertiary/aromatic N) is 1. The topological polar surface area (TPSA) is 80.3 Å². The van der Waals surface area contributed by atoms with E-state index in [0.717, 1.165) is 11.3 Å². The van der Waals surface area contributed by atoms with E-state index in [0.29, 0.717) is 22.5 Å². The molecule has 0 unspecified atom stereocenters. The maximum absolute atomic E-state index is 13.1. The minimum Gasteiger partial charge on any atom is -0.444 e. The molecule has 1 heterocycles. The zero-order chi connectivity index (χ0) is 20.2. The Balaban J connectivity index is 2.07. The van der Waals surface area contributed by atoms with Gasteiger partial charge in [-0.25, -0.2) is 14.2 Å². The summed E-state index contributed by atoms with van der Waals surface area (Å²) in [5, 5.41) is 5.80. The highest BCUT2D eigenvalue weighted by Gasteiger charge is 2.21. The smallest absolute Gasteiger partial charge is 0.413 e. The Hall–Kier alpha value is -2.13. The minimum atomic E-state index is -0.635. The van der Waals surface area contributed by atoms with Crippen molar-refractivity contribution in [3.63, 3.8) is 0 Å². The zero-order valence-corrected chi connectivity index (χ0v) is 17.1. The van der Waals surface area contributed by atoms with Crippen molar-refractivity contribution >= 4 is 47.9 Å². The molecule has 27 heavy (non-hydrogen) atoms. The van der Waals surface area contributed by atoms with Crippen LogP contribution in [-0.4, -0.2) is 30.4 Å². The van der Waals surface area contributed by atoms with Gasteiger partial charge in [0.05, 0.1) is 5.69 Å². The monoisotopic (exact) mass is 411 g/mol. The molecule has 0 aliphatic rings. The highest BCUT2D eigenvalue weighted by molar-refractivity contribution is 7.17. The maximum atomic E-state index is 13.1. The van der Waals surface area contributed by atoms with E-state index in [1.165, 1.54) is 18.2 Å². The molecule has 144 valence electrons. The van der Waals surface area contributed by atoms with Crippen LogP contribution in [0.1, 0.15) is 41.7 Å². The lowest BCUT2D eigenvalue weighted by Crippen LogP contribution is -2.27. The summed E-state index contributed by atoms with van der Waals surface area (Å²) in [6, 6.07) is 3.98. The summed E-state index contributed by atoms with van der Waals surface area (Å²) in [5.41, 5.74) is 0.527. The van der Waals surface area contributed by atoms with Gasteiger partial charge >= 0.3 is 6.09 Å². The Morgan fingerprint density at radius 2 is 2.07 bits per heavy atom. The molecule has 2 rings (SSSR count). The number of hydrogen-bond acceptors (Lipinski definition) is 5. The third-order valence-electron chi connectivity index (χ3n) is 3.30. The summed E-state index contributed by atoms with van der Waals surface area (Å²) in [6.45, 7) is 5.41. The molecule has 0 aliphatic heterocycles. The number of anilines is 1. The quantitative estimate of drug-likeness (QED) is 0.740. The van der Waals surface area contributed by atoms with Crippen molar-refractivity contribution in [2.75, 3.05) is 5.32 Å². The van der Waals surface area contributed by atoms with Gasteiger partial charge in [-0.1, -0.05) is 29.0 Å². The summed E-state index contributed by atoms with van der Waals surface area (Å²) in [4.78, 5) is 29.0. The molecule has 0 fully saturated rings. The van der Waals surface area contributed by atoms with Crippen molar-refractivity contribution in [1.29, 1.82) is 0 Å². The van der Waals surface area contributed by atoms with Crippen molar-refractivity contribution in [3.8, 4) is 0 Å². The van der Waals surface area contributed by atoms with E-state index >= 15 is 0 Å². The number of ether oxygens (including phenoxy) is 1. The fourth-order valence-corrected chi connectivity index (χ4v) is 3.32. The SMILES string of the molecule is BCc1nc(NC(=O)OC(C)(C)C)sc1C(=O)NCc1ccc(F)cc1Cl. The van der Waals surface area contributed by atoms with Crippen LogP contribution in [0.3, 0.4) is 0 Å². The van der Waals surface area contributed by atoms with E-state index in [2.05, 4.69) is 15.6 Å². The van der Waals surface area contributed by atoms with Gasteiger partial charge < -0.3 is 10.1 Å². The first-order valence-corrected chi connectivity index (χ1v) is 9.50. The highest BCUT2D eigenvalue weighted by Crippen LogP contribution is 2.24. The van der Waals surface area contributed by atoms with Crippen molar-refractivity contribution in [2.45, 2.75) is 39.2 Å². The van der Waals surface area contributed by atoms with Crippen molar-refractivity contribution in [1.82, 2.24) is 10.3 Å². The van der Waals surface area contributed by atoms with Gasteiger partial charge in [-0.15, -0.1) is 0 Å². The van der Waals surface area contributed by atoms with Crippen molar-refractivity contribution in [3.05, 3.63) is 45.2 Å². The molecule has 2 aromatic rings. The van der Waals surface area contributed by atoms with E-state index in [9.17, 15) is 14.0 Å². The Kier molecular flexibility index (Phi) is 6.83. The molecule has 0 atom stereocenters. The summed E-state index contributed by atoms with van der Waals surface area (Å²) >= 11 is 7.03. The van der Waals surface area contributed by atoms with E-state index in [-0.39, 0.29) is 22.6 Å². The van der Waals surface area contributed by atoms with Crippen LogP contribution >= 0.6 is 22.9 Å². The second-order valence-corrected chi connectivity index (χ2v) is 8.10. The van der Waals surface area contributed by atoms with E-state index < -0.39 is 17.5 Å². The van der Waals surface area contributed by atoms with E-state index in [1.54, 1.807) is 20.8 Å². The second kappa shape index (κ2) is 8.71. The molecular formula is C17H20BClFN3O3S. The normalized spacial score (nSPS) is 11.1. The first-order valence-electron chi connectivity index (χ1n) is 8.31. The van der Waals surface area contributed by atoms with Gasteiger partial charge in [-0.2, -0.15) is 0 Å². The van der Waals surface area contributed by atoms with E-state index in [4.69, 9.17) is 16.3 Å². The first kappa shape index (κ1) is 21.2. The van der Waals surface area contributed by atoms with Crippen LogP contribution in [0, 0.1) is 5.82 Å². The highest BCUT2D eigenvalue weighted by atomic mass is 35.5. The largest absolute Gasteiger partial charge is 0.444 e. The average molecular weight is 412 g/mol. The van der Waals surface area contributed by atoms with Crippen molar-refractivity contribution < 1.29 is 18.7 Å². The Morgan fingerprint density at radius 3 is 2.67 bits per heavy atom. The number of amides is 2. The lowest BCUT2D eigenvalue weighted by molar-refractivity contribution is 0.0635. The number of thiazole rings is 1. The lowest BCUT2D eigenvalue weighted by atomic mass is 10.0. The number of nitrogens with one attached hydrogen (secondary N) is 2. The fraction of sp³-hybridized carbons (Fsp3) is 0.353. The number of halogens is 2. The average Bonchev–Trinajstić information content (AvgIpc) is 2.94. The molecule has 0 saturated carbocycles. The van der Waals surface area contributed by atoms with Crippen LogP contribution in [-0.2, 0) is 17.6 Å². The molecule has 1 aromatic carbocycles. The third-order valence-corrected chi connectivity index (χ3v) is 4.66.